The average molecular weight is 653 g/mol. The van der Waals surface area contributed by atoms with Crippen molar-refractivity contribution >= 4 is 63.3 Å². The highest BCUT2D eigenvalue weighted by Crippen LogP contribution is 2.40. The number of aryl methyl sites for hydroxylation is 6. The van der Waals surface area contributed by atoms with Crippen LogP contribution >= 0.6 is 0 Å². The Kier molecular flexibility index (Phi) is 7.44. The minimum absolute atomic E-state index is 0.0917. The highest BCUT2D eigenvalue weighted by Gasteiger charge is 2.45. The molecule has 0 aromatic heterocycles. The summed E-state index contributed by atoms with van der Waals surface area (Å²) < 4.78 is 0. The summed E-state index contributed by atoms with van der Waals surface area (Å²) in [7, 11) is 0. The van der Waals surface area contributed by atoms with E-state index >= 15 is 0 Å². The summed E-state index contributed by atoms with van der Waals surface area (Å²) in [6, 6.07) is 52.8. The van der Waals surface area contributed by atoms with E-state index in [-0.39, 0.29) is 13.4 Å². The Bertz CT molecular complexity index is 2340. The minimum atomic E-state index is 0.0917. The molecule has 244 valence electrons. The highest BCUT2D eigenvalue weighted by molar-refractivity contribution is 7.02. The van der Waals surface area contributed by atoms with E-state index in [9.17, 15) is 0 Å². The quantitative estimate of drug-likeness (QED) is 0.174. The van der Waals surface area contributed by atoms with E-state index in [1.54, 1.807) is 0 Å². The SMILES string of the molecule is Cc1ccc2c(c1)N1c3cc(C)ccc3B(c3c(C)cccc3C)c3cc(-c4cccc(-c5ccccc5)c4)cc(c31)B2c1c(C)cccc1C. The Morgan fingerprint density at radius 2 is 0.784 bits per heavy atom. The third kappa shape index (κ3) is 5.01. The van der Waals surface area contributed by atoms with Crippen LogP contribution in [0, 0.1) is 41.5 Å². The van der Waals surface area contributed by atoms with Gasteiger partial charge < -0.3 is 4.90 Å². The van der Waals surface area contributed by atoms with Gasteiger partial charge >= 0.3 is 0 Å². The normalized spacial score (nSPS) is 12.8. The molecule has 0 unspecified atom stereocenters. The summed E-state index contributed by atoms with van der Waals surface area (Å²) >= 11 is 0. The molecule has 2 aliphatic rings. The average Bonchev–Trinajstić information content (AvgIpc) is 3.13. The number of hydrogen-bond donors (Lipinski definition) is 0. The Morgan fingerprint density at radius 1 is 0.353 bits per heavy atom. The van der Waals surface area contributed by atoms with Gasteiger partial charge in [0.25, 0.3) is 0 Å². The molecule has 9 rings (SSSR count). The van der Waals surface area contributed by atoms with Crippen LogP contribution in [0.1, 0.15) is 33.4 Å². The first-order chi connectivity index (χ1) is 24.8. The number of benzene rings is 7. The molecule has 1 nitrogen and oxygen atoms in total. The van der Waals surface area contributed by atoms with E-state index in [0.717, 1.165) is 0 Å². The van der Waals surface area contributed by atoms with Crippen LogP contribution < -0.4 is 37.7 Å². The van der Waals surface area contributed by atoms with Crippen molar-refractivity contribution in [3.63, 3.8) is 0 Å². The smallest absolute Gasteiger partial charge is 0.247 e. The van der Waals surface area contributed by atoms with Gasteiger partial charge in [-0.25, -0.2) is 0 Å². The third-order valence-corrected chi connectivity index (χ3v) is 11.5. The van der Waals surface area contributed by atoms with Crippen molar-refractivity contribution in [3.05, 3.63) is 173 Å². The predicted octanol–water partition coefficient (Wildman–Crippen LogP) is 8.00. The minimum Gasteiger partial charge on any atom is -0.313 e. The van der Waals surface area contributed by atoms with Gasteiger partial charge in [0.1, 0.15) is 0 Å². The highest BCUT2D eigenvalue weighted by atomic mass is 15.2. The molecule has 0 N–H and O–H groups in total. The fourth-order valence-corrected chi connectivity index (χ4v) is 9.13. The zero-order valence-electron chi connectivity index (χ0n) is 30.4. The van der Waals surface area contributed by atoms with Gasteiger partial charge in [0.2, 0.25) is 13.4 Å². The van der Waals surface area contributed by atoms with Crippen LogP contribution in [0.3, 0.4) is 0 Å². The molecular formula is C48H41B2N. The van der Waals surface area contributed by atoms with Gasteiger partial charge in [0, 0.05) is 17.1 Å². The maximum absolute atomic E-state index is 2.62. The van der Waals surface area contributed by atoms with Gasteiger partial charge in [-0.1, -0.05) is 155 Å². The molecule has 0 amide bonds. The molecule has 0 radical (unpaired) electrons. The van der Waals surface area contributed by atoms with Crippen LogP contribution in [0.4, 0.5) is 17.1 Å². The number of nitrogens with zero attached hydrogens (tertiary/aromatic N) is 1. The van der Waals surface area contributed by atoms with E-state index in [2.05, 4.69) is 186 Å². The Labute approximate surface area is 303 Å². The second-order valence-electron chi connectivity index (χ2n) is 14.9. The Balaban J connectivity index is 1.43. The monoisotopic (exact) mass is 653 g/mol. The molecule has 2 heterocycles. The lowest BCUT2D eigenvalue weighted by Gasteiger charge is -2.45. The van der Waals surface area contributed by atoms with Gasteiger partial charge in [0.15, 0.2) is 0 Å². The molecule has 7 aromatic rings. The number of anilines is 3. The van der Waals surface area contributed by atoms with Gasteiger partial charge in [0.05, 0.1) is 0 Å². The largest absolute Gasteiger partial charge is 0.313 e. The van der Waals surface area contributed by atoms with Crippen LogP contribution in [0.2, 0.25) is 0 Å². The van der Waals surface area contributed by atoms with Gasteiger partial charge in [-0.05, 0) is 115 Å². The van der Waals surface area contributed by atoms with Crippen LogP contribution in [0.5, 0.6) is 0 Å². The van der Waals surface area contributed by atoms with Gasteiger partial charge in [-0.2, -0.15) is 0 Å². The fourth-order valence-electron chi connectivity index (χ4n) is 9.13. The summed E-state index contributed by atoms with van der Waals surface area (Å²) in [5.41, 5.74) is 25.1. The summed E-state index contributed by atoms with van der Waals surface area (Å²) in [6.45, 7) is 13.8. The number of rotatable bonds is 4. The first-order valence-electron chi connectivity index (χ1n) is 18.3. The van der Waals surface area contributed by atoms with E-state index < -0.39 is 0 Å². The maximum atomic E-state index is 2.62. The molecule has 0 saturated carbocycles. The van der Waals surface area contributed by atoms with E-state index in [4.69, 9.17) is 0 Å². The van der Waals surface area contributed by atoms with Crippen LogP contribution in [0.15, 0.2) is 140 Å². The number of hydrogen-bond acceptors (Lipinski definition) is 1. The zero-order chi connectivity index (χ0) is 35.0. The molecule has 7 aromatic carbocycles. The maximum Gasteiger partial charge on any atom is 0.247 e. The predicted molar refractivity (Wildman–Crippen MR) is 223 cm³/mol. The van der Waals surface area contributed by atoms with Crippen LogP contribution in [-0.4, -0.2) is 13.4 Å². The van der Waals surface area contributed by atoms with Crippen LogP contribution in [-0.2, 0) is 0 Å². The fraction of sp³-hybridized carbons (Fsp3) is 0.125. The van der Waals surface area contributed by atoms with Crippen molar-refractivity contribution in [1.29, 1.82) is 0 Å². The molecule has 0 fully saturated rings. The first kappa shape index (κ1) is 31.5. The lowest BCUT2D eigenvalue weighted by atomic mass is 9.29. The summed E-state index contributed by atoms with van der Waals surface area (Å²) in [4.78, 5) is 2.62. The molecule has 0 bridgehead atoms. The standard InChI is InChI=1S/C48H41B2N/c1-30-21-23-40-44(25-30)51-45-26-31(2)22-24-41(45)50(47-34(5)15-11-16-35(47)6)43-29-39(38-20-12-19-37(27-38)36-17-8-7-9-18-36)28-42(48(43)51)49(40)46-32(3)13-10-14-33(46)4/h7-29H,1-6H3. The second kappa shape index (κ2) is 12.1. The van der Waals surface area contributed by atoms with Crippen molar-refractivity contribution in [2.45, 2.75) is 41.5 Å². The first-order valence-corrected chi connectivity index (χ1v) is 18.3. The van der Waals surface area contributed by atoms with E-state index in [1.807, 2.05) is 0 Å². The topological polar surface area (TPSA) is 3.24 Å². The summed E-state index contributed by atoms with van der Waals surface area (Å²) in [5, 5.41) is 0. The lowest BCUT2D eigenvalue weighted by molar-refractivity contribution is 1.27. The molecule has 0 saturated heterocycles. The van der Waals surface area contributed by atoms with Gasteiger partial charge in [-0.3, -0.25) is 0 Å². The Hall–Kier alpha value is -5.53. The summed E-state index contributed by atoms with van der Waals surface area (Å²) in [6.07, 6.45) is 0. The molecule has 51 heavy (non-hydrogen) atoms. The van der Waals surface area contributed by atoms with E-state index in [0.29, 0.717) is 0 Å². The van der Waals surface area contributed by atoms with Crippen molar-refractivity contribution in [2.75, 3.05) is 4.90 Å². The molecule has 2 aliphatic heterocycles. The van der Waals surface area contributed by atoms with Gasteiger partial charge in [-0.15, -0.1) is 0 Å². The van der Waals surface area contributed by atoms with Crippen molar-refractivity contribution in [1.82, 2.24) is 0 Å². The second-order valence-corrected chi connectivity index (χ2v) is 14.9. The van der Waals surface area contributed by atoms with Crippen LogP contribution in [0.25, 0.3) is 22.3 Å². The third-order valence-electron chi connectivity index (χ3n) is 11.5. The van der Waals surface area contributed by atoms with Crippen molar-refractivity contribution in [3.8, 4) is 22.3 Å². The molecule has 3 heteroatoms. The Morgan fingerprint density at radius 3 is 1.27 bits per heavy atom. The number of fused-ring (bicyclic) bond motifs is 4. The lowest BCUT2D eigenvalue weighted by Crippen LogP contribution is -2.66. The molecule has 0 aliphatic carbocycles. The molecule has 0 atom stereocenters. The summed E-state index contributed by atoms with van der Waals surface area (Å²) in [5.74, 6) is 0. The van der Waals surface area contributed by atoms with Crippen molar-refractivity contribution in [2.24, 2.45) is 0 Å². The zero-order valence-corrected chi connectivity index (χ0v) is 30.4. The molecular weight excluding hydrogens is 612 g/mol. The van der Waals surface area contributed by atoms with E-state index in [1.165, 1.54) is 105 Å². The van der Waals surface area contributed by atoms with Crippen molar-refractivity contribution < 1.29 is 0 Å². The molecule has 0 spiro atoms.